The summed E-state index contributed by atoms with van der Waals surface area (Å²) in [6, 6.07) is 12.1. The molecule has 0 saturated carbocycles. The Balaban J connectivity index is 1.29. The first-order valence-corrected chi connectivity index (χ1v) is 13.2. The van der Waals surface area contributed by atoms with Gasteiger partial charge in [-0.25, -0.2) is 9.18 Å². The number of aryl methyl sites for hydroxylation is 1. The van der Waals surface area contributed by atoms with Crippen LogP contribution in [0.3, 0.4) is 0 Å². The van der Waals surface area contributed by atoms with Crippen molar-refractivity contribution < 1.29 is 18.7 Å². The van der Waals surface area contributed by atoms with Gasteiger partial charge in [-0.1, -0.05) is 6.07 Å². The summed E-state index contributed by atoms with van der Waals surface area (Å²) in [6.45, 7) is 5.81. The molecule has 0 radical (unpaired) electrons. The fraction of sp³-hybridized carbons (Fsp3) is 0.367. The lowest BCUT2D eigenvalue weighted by Crippen LogP contribution is -2.44. The Hall–Kier alpha value is -4.14. The summed E-state index contributed by atoms with van der Waals surface area (Å²) in [5.41, 5.74) is 3.97. The second kappa shape index (κ2) is 9.25. The maximum Gasteiger partial charge on any atom is 0.411 e. The van der Waals surface area contributed by atoms with Crippen molar-refractivity contribution in [3.63, 3.8) is 0 Å². The highest BCUT2D eigenvalue weighted by Gasteiger charge is 2.46. The zero-order valence-electron chi connectivity index (χ0n) is 22.5. The lowest BCUT2D eigenvalue weighted by molar-refractivity contribution is 0.0124. The van der Waals surface area contributed by atoms with Crippen LogP contribution < -0.4 is 10.3 Å². The van der Waals surface area contributed by atoms with Crippen LogP contribution in [0.5, 0.6) is 5.75 Å². The van der Waals surface area contributed by atoms with Gasteiger partial charge in [-0.2, -0.15) is 0 Å². The lowest BCUT2D eigenvalue weighted by atomic mass is 9.97. The number of amides is 1. The van der Waals surface area contributed by atoms with Gasteiger partial charge in [0.2, 0.25) is 0 Å². The number of aromatic nitrogens is 3. The fourth-order valence-electron chi connectivity index (χ4n) is 5.87. The minimum Gasteiger partial charge on any atom is -0.487 e. The van der Waals surface area contributed by atoms with Gasteiger partial charge in [-0.05, 0) is 63.9 Å². The van der Waals surface area contributed by atoms with E-state index in [1.54, 1.807) is 22.9 Å². The Morgan fingerprint density at radius 2 is 1.95 bits per heavy atom. The molecule has 1 amide bonds. The van der Waals surface area contributed by atoms with Crippen LogP contribution in [0.15, 0.2) is 59.7 Å². The van der Waals surface area contributed by atoms with Crippen LogP contribution in [-0.4, -0.2) is 36.8 Å². The number of fused-ring (bicyclic) bond motifs is 6. The molecule has 202 valence electrons. The Kier molecular flexibility index (Phi) is 5.97. The first-order valence-electron chi connectivity index (χ1n) is 13.2. The van der Waals surface area contributed by atoms with Gasteiger partial charge in [0, 0.05) is 48.4 Å². The molecule has 4 aromatic rings. The van der Waals surface area contributed by atoms with E-state index in [2.05, 4.69) is 16.6 Å². The average molecular weight is 531 g/mol. The summed E-state index contributed by atoms with van der Waals surface area (Å²) in [7, 11) is 2.05. The quantitative estimate of drug-likeness (QED) is 0.351. The predicted octanol–water partition coefficient (Wildman–Crippen LogP) is 5.44. The number of pyridine rings is 2. The van der Waals surface area contributed by atoms with Gasteiger partial charge in [0.15, 0.2) is 0 Å². The normalized spacial score (nSPS) is 18.3. The molecule has 1 aromatic carbocycles. The molecule has 0 spiro atoms. The van der Waals surface area contributed by atoms with Crippen molar-refractivity contribution in [1.29, 1.82) is 0 Å². The first kappa shape index (κ1) is 25.2. The van der Waals surface area contributed by atoms with Gasteiger partial charge in [0.1, 0.15) is 23.8 Å². The Morgan fingerprint density at radius 1 is 1.13 bits per heavy atom. The summed E-state index contributed by atoms with van der Waals surface area (Å²) >= 11 is 0. The van der Waals surface area contributed by atoms with Crippen LogP contribution in [0.4, 0.5) is 9.18 Å². The maximum atomic E-state index is 13.1. The summed E-state index contributed by atoms with van der Waals surface area (Å²) in [5.74, 6) is 0.00121. The van der Waals surface area contributed by atoms with Crippen molar-refractivity contribution in [3.8, 4) is 11.4 Å². The molecule has 1 fully saturated rings. The minimum atomic E-state index is -0.545. The highest BCUT2D eigenvalue weighted by atomic mass is 19.1. The summed E-state index contributed by atoms with van der Waals surface area (Å²) < 4.78 is 28.3. The van der Waals surface area contributed by atoms with Crippen molar-refractivity contribution >= 4 is 17.0 Å². The third-order valence-electron chi connectivity index (χ3n) is 7.56. The zero-order valence-corrected chi connectivity index (χ0v) is 22.5. The average Bonchev–Trinajstić information content (AvgIpc) is 3.35. The van der Waals surface area contributed by atoms with Gasteiger partial charge < -0.3 is 14.0 Å². The molecule has 2 bridgehead atoms. The molecule has 39 heavy (non-hydrogen) atoms. The van der Waals surface area contributed by atoms with E-state index in [1.165, 1.54) is 23.4 Å². The second-order valence-electron chi connectivity index (χ2n) is 11.3. The van der Waals surface area contributed by atoms with Gasteiger partial charge >= 0.3 is 6.09 Å². The number of carbonyl (C=O) groups excluding carboxylic acids is 1. The summed E-state index contributed by atoms with van der Waals surface area (Å²) in [6.07, 6.45) is 5.21. The second-order valence-corrected chi connectivity index (χ2v) is 11.3. The van der Waals surface area contributed by atoms with Gasteiger partial charge in [0.25, 0.3) is 5.56 Å². The van der Waals surface area contributed by atoms with Crippen LogP contribution in [0.1, 0.15) is 56.6 Å². The van der Waals surface area contributed by atoms with E-state index in [1.807, 2.05) is 43.9 Å². The molecule has 5 heterocycles. The first-order chi connectivity index (χ1) is 18.6. The van der Waals surface area contributed by atoms with Crippen molar-refractivity contribution in [2.45, 2.75) is 64.3 Å². The monoisotopic (exact) mass is 530 g/mol. The van der Waals surface area contributed by atoms with Crippen molar-refractivity contribution in [2.75, 3.05) is 0 Å². The zero-order chi connectivity index (χ0) is 27.5. The number of halogens is 1. The number of hydrogen-bond donors (Lipinski definition) is 0. The smallest absolute Gasteiger partial charge is 0.411 e. The summed E-state index contributed by atoms with van der Waals surface area (Å²) in [4.78, 5) is 32.0. The van der Waals surface area contributed by atoms with E-state index in [0.717, 1.165) is 42.0 Å². The van der Waals surface area contributed by atoms with E-state index < -0.39 is 11.4 Å². The van der Waals surface area contributed by atoms with E-state index >= 15 is 0 Å². The fourth-order valence-corrected chi connectivity index (χ4v) is 5.87. The van der Waals surface area contributed by atoms with E-state index in [9.17, 15) is 14.0 Å². The number of hydrogen-bond acceptors (Lipinski definition) is 5. The van der Waals surface area contributed by atoms with Gasteiger partial charge in [-0.15, -0.1) is 0 Å². The third-order valence-corrected chi connectivity index (χ3v) is 7.56. The van der Waals surface area contributed by atoms with Crippen LogP contribution in [0.25, 0.3) is 16.6 Å². The minimum absolute atomic E-state index is 0.0158. The van der Waals surface area contributed by atoms with Gasteiger partial charge in [0.05, 0.1) is 29.1 Å². The largest absolute Gasteiger partial charge is 0.487 e. The van der Waals surface area contributed by atoms with Crippen LogP contribution in [0, 0.1) is 5.82 Å². The molecule has 1 saturated heterocycles. The van der Waals surface area contributed by atoms with Crippen LogP contribution in [0.2, 0.25) is 0 Å². The third kappa shape index (κ3) is 4.56. The highest BCUT2D eigenvalue weighted by Crippen LogP contribution is 2.48. The van der Waals surface area contributed by atoms with Crippen molar-refractivity contribution in [3.05, 3.63) is 88.0 Å². The molecule has 0 N–H and O–H groups in total. The molecule has 2 aliphatic rings. The van der Waals surface area contributed by atoms with E-state index in [0.29, 0.717) is 11.4 Å². The van der Waals surface area contributed by atoms with Crippen LogP contribution in [-0.2, 0) is 24.8 Å². The molecule has 9 heteroatoms. The molecule has 8 nitrogen and oxygen atoms in total. The van der Waals surface area contributed by atoms with Crippen molar-refractivity contribution in [2.24, 2.45) is 7.05 Å². The molecule has 2 aliphatic heterocycles. The standard InChI is InChI=1S/C30H31FN4O4/c1-30(2,3)39-29(37)35-21-8-10-24(35)28-23-9-7-20(13-25(23)33(4)26(28)14-21)34-12-11-22(15-27(34)36)38-17-19-6-5-18(31)16-32-19/h5-7,9,11-13,15-16,21,24H,8,10,14,17H2,1-4H3. The topological polar surface area (TPSA) is 78.6 Å². The number of carbonyl (C=O) groups is 1. The van der Waals surface area contributed by atoms with Crippen molar-refractivity contribution in [1.82, 2.24) is 19.0 Å². The predicted molar refractivity (Wildman–Crippen MR) is 145 cm³/mol. The molecule has 3 aromatic heterocycles. The molecule has 6 rings (SSSR count). The molecule has 2 atom stereocenters. The molecule has 0 aliphatic carbocycles. The Bertz CT molecular complexity index is 1630. The SMILES string of the molecule is Cn1c2c(c3ccc(-n4ccc(OCc5ccc(F)cn5)cc4=O)cc31)C1CCC(C2)N1C(=O)OC(C)(C)C. The lowest BCUT2D eigenvalue weighted by Gasteiger charge is -2.36. The Morgan fingerprint density at radius 3 is 2.67 bits per heavy atom. The molecular formula is C30H31FN4O4. The maximum absolute atomic E-state index is 13.1. The Labute approximate surface area is 225 Å². The number of nitrogens with zero attached hydrogens (tertiary/aromatic N) is 4. The number of benzene rings is 1. The number of ether oxygens (including phenoxy) is 2. The van der Waals surface area contributed by atoms with Gasteiger partial charge in [-0.3, -0.25) is 19.2 Å². The van der Waals surface area contributed by atoms with E-state index in [-0.39, 0.29) is 30.3 Å². The molecule has 2 unspecified atom stereocenters. The summed E-state index contributed by atoms with van der Waals surface area (Å²) in [5, 5.41) is 1.09. The molecular weight excluding hydrogens is 499 g/mol. The van der Waals surface area contributed by atoms with Crippen LogP contribution >= 0.6 is 0 Å². The highest BCUT2D eigenvalue weighted by molar-refractivity contribution is 5.89. The number of rotatable bonds is 4. The van der Waals surface area contributed by atoms with E-state index in [4.69, 9.17) is 9.47 Å².